The van der Waals surface area contributed by atoms with E-state index in [9.17, 15) is 0 Å². The van der Waals surface area contributed by atoms with Crippen molar-refractivity contribution in [3.05, 3.63) is 126 Å². The Kier molecular flexibility index (Phi) is 5.25. The van der Waals surface area contributed by atoms with Gasteiger partial charge in [0.1, 0.15) is 0 Å². The van der Waals surface area contributed by atoms with E-state index in [0.717, 1.165) is 13.0 Å². The standard InChI is InChI=1S/C35H28N2/c1-23-6-8-32-33-9-7-26(22-35(33)31-5-3-2-4-30(31)34(32)18-23)29-20-27(24-10-14-36-15-11-24)19-28(21-29)25-12-16-37-17-13-25/h2-16,19-23,37H,17-18H2,1H3. The van der Waals surface area contributed by atoms with Crippen molar-refractivity contribution >= 4 is 33.2 Å². The molecule has 1 unspecified atom stereocenters. The van der Waals surface area contributed by atoms with Crippen molar-refractivity contribution in [2.45, 2.75) is 13.3 Å². The van der Waals surface area contributed by atoms with Crippen LogP contribution < -0.4 is 5.32 Å². The van der Waals surface area contributed by atoms with E-state index in [0.29, 0.717) is 5.92 Å². The van der Waals surface area contributed by atoms with Crippen LogP contribution in [0.3, 0.4) is 0 Å². The third-order valence-electron chi connectivity index (χ3n) is 7.73. The molecule has 1 N–H and O–H groups in total. The molecule has 0 amide bonds. The topological polar surface area (TPSA) is 24.9 Å². The summed E-state index contributed by atoms with van der Waals surface area (Å²) in [5.74, 6) is 0.570. The zero-order chi connectivity index (χ0) is 24.8. The monoisotopic (exact) mass is 476 g/mol. The molecule has 4 aromatic carbocycles. The third kappa shape index (κ3) is 3.86. The number of benzene rings is 4. The predicted molar refractivity (Wildman–Crippen MR) is 157 cm³/mol. The molecule has 37 heavy (non-hydrogen) atoms. The van der Waals surface area contributed by atoms with Crippen molar-refractivity contribution in [3.8, 4) is 22.3 Å². The second-order valence-electron chi connectivity index (χ2n) is 10.2. The van der Waals surface area contributed by atoms with Crippen LogP contribution in [0.2, 0.25) is 0 Å². The molecule has 1 aromatic heterocycles. The quantitative estimate of drug-likeness (QED) is 0.264. The molecule has 178 valence electrons. The molecule has 7 rings (SSSR count). The Morgan fingerprint density at radius 1 is 0.703 bits per heavy atom. The summed E-state index contributed by atoms with van der Waals surface area (Å²) >= 11 is 0. The van der Waals surface area contributed by atoms with Gasteiger partial charge in [0, 0.05) is 18.9 Å². The lowest BCUT2D eigenvalue weighted by molar-refractivity contribution is 0.722. The average molecular weight is 477 g/mol. The molecular weight excluding hydrogens is 448 g/mol. The largest absolute Gasteiger partial charge is 0.387 e. The second-order valence-corrected chi connectivity index (χ2v) is 10.2. The van der Waals surface area contributed by atoms with Gasteiger partial charge < -0.3 is 5.32 Å². The molecule has 0 bridgehead atoms. The lowest BCUT2D eigenvalue weighted by atomic mass is 9.83. The van der Waals surface area contributed by atoms with E-state index in [1.54, 1.807) is 0 Å². The van der Waals surface area contributed by atoms with E-state index in [1.165, 1.54) is 66.1 Å². The molecule has 0 radical (unpaired) electrons. The van der Waals surface area contributed by atoms with Crippen LogP contribution in [0.1, 0.15) is 23.6 Å². The second kappa shape index (κ2) is 8.90. The van der Waals surface area contributed by atoms with Crippen molar-refractivity contribution in [3.63, 3.8) is 0 Å². The van der Waals surface area contributed by atoms with Gasteiger partial charge in [0.15, 0.2) is 0 Å². The molecular formula is C35H28N2. The minimum Gasteiger partial charge on any atom is -0.387 e. The Morgan fingerprint density at radius 3 is 2.30 bits per heavy atom. The maximum atomic E-state index is 4.23. The van der Waals surface area contributed by atoms with Crippen LogP contribution in [0, 0.1) is 5.92 Å². The minimum absolute atomic E-state index is 0.570. The molecule has 2 aliphatic rings. The summed E-state index contributed by atoms with van der Waals surface area (Å²) in [6.45, 7) is 3.15. The number of nitrogens with zero attached hydrogens (tertiary/aromatic N) is 1. The fourth-order valence-corrected chi connectivity index (χ4v) is 5.87. The Morgan fingerprint density at radius 2 is 1.49 bits per heavy atom. The number of nitrogens with one attached hydrogen (secondary N) is 1. The first-order chi connectivity index (χ1) is 18.2. The summed E-state index contributed by atoms with van der Waals surface area (Å²) in [7, 11) is 0. The first-order valence-corrected chi connectivity index (χ1v) is 13.1. The Balaban J connectivity index is 1.46. The smallest absolute Gasteiger partial charge is 0.0334 e. The predicted octanol–water partition coefficient (Wildman–Crippen LogP) is 8.43. The SMILES string of the molecule is CC1C=Cc2c(c3ccccc3c3cc(-c4cc(C5=CCNC=C5)cc(-c5ccncc5)c4)ccc23)C1. The Bertz CT molecular complexity index is 1760. The van der Waals surface area contributed by atoms with Gasteiger partial charge in [-0.2, -0.15) is 0 Å². The van der Waals surface area contributed by atoms with Crippen molar-refractivity contribution in [2.75, 3.05) is 6.54 Å². The van der Waals surface area contributed by atoms with Crippen LogP contribution >= 0.6 is 0 Å². The van der Waals surface area contributed by atoms with Crippen molar-refractivity contribution < 1.29 is 0 Å². The summed E-state index contributed by atoms with van der Waals surface area (Å²) in [6.07, 6.45) is 16.0. The molecule has 2 nitrogen and oxygen atoms in total. The van der Waals surface area contributed by atoms with Gasteiger partial charge in [-0.15, -0.1) is 0 Å². The summed E-state index contributed by atoms with van der Waals surface area (Å²) < 4.78 is 0. The highest BCUT2D eigenvalue weighted by Gasteiger charge is 2.18. The first kappa shape index (κ1) is 21.8. The van der Waals surface area contributed by atoms with Crippen LogP contribution in [0.4, 0.5) is 0 Å². The van der Waals surface area contributed by atoms with E-state index in [1.807, 2.05) is 18.6 Å². The van der Waals surface area contributed by atoms with Crippen LogP contribution in [0.5, 0.6) is 0 Å². The molecule has 2 heterocycles. The molecule has 2 heteroatoms. The van der Waals surface area contributed by atoms with Crippen LogP contribution in [0.25, 0.3) is 55.4 Å². The molecule has 0 fully saturated rings. The molecule has 0 saturated heterocycles. The average Bonchev–Trinajstić information content (AvgIpc) is 2.97. The van der Waals surface area contributed by atoms with E-state index in [-0.39, 0.29) is 0 Å². The Labute approximate surface area is 217 Å². The third-order valence-corrected chi connectivity index (χ3v) is 7.73. The zero-order valence-corrected chi connectivity index (χ0v) is 20.9. The number of aromatic nitrogens is 1. The van der Waals surface area contributed by atoms with Gasteiger partial charge in [0.2, 0.25) is 0 Å². The maximum absolute atomic E-state index is 4.23. The van der Waals surface area contributed by atoms with E-state index >= 15 is 0 Å². The van der Waals surface area contributed by atoms with Gasteiger partial charge in [-0.3, -0.25) is 4.98 Å². The maximum Gasteiger partial charge on any atom is 0.0334 e. The van der Waals surface area contributed by atoms with Gasteiger partial charge in [-0.25, -0.2) is 0 Å². The molecule has 5 aromatic rings. The molecule has 1 atom stereocenters. The van der Waals surface area contributed by atoms with E-state index < -0.39 is 0 Å². The summed E-state index contributed by atoms with van der Waals surface area (Å²) in [5.41, 5.74) is 10.2. The van der Waals surface area contributed by atoms with Crippen LogP contribution in [-0.2, 0) is 6.42 Å². The van der Waals surface area contributed by atoms with E-state index in [2.05, 4.69) is 114 Å². The normalized spacial score (nSPS) is 16.5. The first-order valence-electron chi connectivity index (χ1n) is 13.1. The number of allylic oxidation sites excluding steroid dienone is 3. The van der Waals surface area contributed by atoms with Crippen molar-refractivity contribution in [2.24, 2.45) is 5.92 Å². The van der Waals surface area contributed by atoms with Crippen LogP contribution in [0.15, 0.2) is 110 Å². The summed E-state index contributed by atoms with van der Waals surface area (Å²) in [4.78, 5) is 4.23. The van der Waals surface area contributed by atoms with E-state index in [4.69, 9.17) is 0 Å². The zero-order valence-electron chi connectivity index (χ0n) is 20.9. The lowest BCUT2D eigenvalue weighted by Gasteiger charge is -2.21. The fourth-order valence-electron chi connectivity index (χ4n) is 5.87. The van der Waals surface area contributed by atoms with Gasteiger partial charge in [0.05, 0.1) is 0 Å². The number of dihydropyridines is 1. The molecule has 0 spiro atoms. The number of hydrogen-bond donors (Lipinski definition) is 1. The lowest BCUT2D eigenvalue weighted by Crippen LogP contribution is -2.08. The van der Waals surface area contributed by atoms with Crippen molar-refractivity contribution in [1.29, 1.82) is 0 Å². The highest BCUT2D eigenvalue weighted by molar-refractivity contribution is 6.14. The highest BCUT2D eigenvalue weighted by atomic mass is 14.8. The van der Waals surface area contributed by atoms with Crippen LogP contribution in [-0.4, -0.2) is 11.5 Å². The number of fused-ring (bicyclic) bond motifs is 6. The molecule has 0 saturated carbocycles. The number of pyridine rings is 1. The fraction of sp³-hybridized carbons (Fsp3) is 0.114. The minimum atomic E-state index is 0.570. The Hall–Kier alpha value is -4.43. The van der Waals surface area contributed by atoms with Crippen molar-refractivity contribution in [1.82, 2.24) is 10.3 Å². The van der Waals surface area contributed by atoms with Gasteiger partial charge in [-0.05, 0) is 127 Å². The summed E-state index contributed by atoms with van der Waals surface area (Å²) in [5, 5.41) is 8.66. The summed E-state index contributed by atoms with van der Waals surface area (Å²) in [6, 6.07) is 27.1. The van der Waals surface area contributed by atoms with Gasteiger partial charge in [-0.1, -0.05) is 61.5 Å². The molecule has 1 aliphatic heterocycles. The highest BCUT2D eigenvalue weighted by Crippen LogP contribution is 2.40. The van der Waals surface area contributed by atoms with Gasteiger partial charge >= 0.3 is 0 Å². The number of hydrogen-bond acceptors (Lipinski definition) is 2. The van der Waals surface area contributed by atoms with Gasteiger partial charge in [0.25, 0.3) is 0 Å². The molecule has 1 aliphatic carbocycles. The number of rotatable bonds is 3.